The number of phenolic OH excluding ortho intramolecular Hbond substituents is 1. The summed E-state index contributed by atoms with van der Waals surface area (Å²) in [5.41, 5.74) is -0.280. The van der Waals surface area contributed by atoms with E-state index in [2.05, 4.69) is 30.8 Å². The van der Waals surface area contributed by atoms with Crippen LogP contribution in [0.25, 0.3) is 21.5 Å². The third-order valence-electron chi connectivity index (χ3n) is 10.7. The zero-order valence-electron chi connectivity index (χ0n) is 38.7. The monoisotopic (exact) mass is 1190 g/mol. The average Bonchev–Trinajstić information content (AvgIpc) is 3.34. The molecule has 1 amide bonds. The van der Waals surface area contributed by atoms with Crippen molar-refractivity contribution in [3.8, 4) is 23.0 Å². The molecule has 0 aromatic heterocycles. The van der Waals surface area contributed by atoms with E-state index in [1.165, 1.54) is 64.5 Å². The minimum atomic E-state index is -4.70. The van der Waals surface area contributed by atoms with Crippen LogP contribution in [-0.2, 0) is 20.2 Å². The number of aromatic hydroxyl groups is 1. The van der Waals surface area contributed by atoms with Gasteiger partial charge in [-0.05, 0) is 95.7 Å². The van der Waals surface area contributed by atoms with Crippen LogP contribution in [0.15, 0.2) is 169 Å². The normalized spacial score (nSPS) is 11.9. The van der Waals surface area contributed by atoms with Gasteiger partial charge in [0.2, 0.25) is 0 Å². The minimum Gasteiger partial charge on any atom is -0.871 e. The first-order valence-corrected chi connectivity index (χ1v) is 24.5. The average molecular weight is 1190 g/mol. The molecule has 0 aliphatic rings. The van der Waals surface area contributed by atoms with Crippen LogP contribution < -0.4 is 25.0 Å². The van der Waals surface area contributed by atoms with Crippen molar-refractivity contribution in [1.82, 2.24) is 0 Å². The Hall–Kier alpha value is -6.41. The number of methoxy groups -OCH3 is 2. The molecule has 0 spiro atoms. The molecule has 0 atom stereocenters. The van der Waals surface area contributed by atoms with Crippen molar-refractivity contribution in [2.24, 2.45) is 25.4 Å². The predicted molar refractivity (Wildman–Crippen MR) is 275 cm³/mol. The molecule has 0 radical (unpaired) electrons. The Bertz CT molecular complexity index is 3790. The summed E-state index contributed by atoms with van der Waals surface area (Å²) in [5.74, 6) is -1.92. The number of nitrogens with zero attached hydrogens (tertiary/aromatic N) is 5. The first-order chi connectivity index (χ1) is 34.2. The molecular weight excluding hydrogens is 1150 g/mol. The molecule has 0 aliphatic carbocycles. The molecule has 8 rings (SSSR count). The Morgan fingerprint density at radius 2 is 1.04 bits per heavy atom. The van der Waals surface area contributed by atoms with E-state index >= 15 is 0 Å². The number of ether oxygens (including phenoxy) is 2. The van der Waals surface area contributed by atoms with Crippen molar-refractivity contribution in [2.75, 3.05) is 19.5 Å². The maximum absolute atomic E-state index is 13.4. The second kappa shape index (κ2) is 23.6. The van der Waals surface area contributed by atoms with E-state index in [-0.39, 0.29) is 110 Å². The van der Waals surface area contributed by atoms with Crippen LogP contribution >= 0.6 is 23.2 Å². The Morgan fingerprint density at radius 3 is 1.58 bits per heavy atom. The van der Waals surface area contributed by atoms with Crippen LogP contribution in [0, 0.1) is 13.8 Å². The van der Waals surface area contributed by atoms with Gasteiger partial charge in [0, 0.05) is 10.8 Å². The van der Waals surface area contributed by atoms with Crippen LogP contribution in [0.1, 0.15) is 27.0 Å². The zero-order chi connectivity index (χ0) is 52.1. The first-order valence-electron chi connectivity index (χ1n) is 20.9. The van der Waals surface area contributed by atoms with Gasteiger partial charge in [-0.15, -0.1) is 15.3 Å². The van der Waals surface area contributed by atoms with Gasteiger partial charge in [-0.25, -0.2) is 0 Å². The van der Waals surface area contributed by atoms with Gasteiger partial charge in [-0.1, -0.05) is 114 Å². The second-order valence-electron chi connectivity index (χ2n) is 15.3. The van der Waals surface area contributed by atoms with E-state index in [1.807, 2.05) is 0 Å². The minimum absolute atomic E-state index is 0. The van der Waals surface area contributed by atoms with Crippen LogP contribution in [0.2, 0.25) is 10.0 Å². The van der Waals surface area contributed by atoms with Gasteiger partial charge in [0.25, 0.3) is 26.1 Å². The Labute approximate surface area is 468 Å². The molecule has 23 heteroatoms. The fraction of sp³-hybridized carbons (Fsp3) is 0.0800. The third kappa shape index (κ3) is 12.5. The molecule has 368 valence electrons. The fourth-order valence-corrected chi connectivity index (χ4v) is 9.57. The maximum Gasteiger partial charge on any atom is 2.00 e. The number of fused-ring (bicyclic) bond motifs is 2. The number of para-hydroxylation sites is 4. The van der Waals surface area contributed by atoms with Gasteiger partial charge in [0.05, 0.1) is 41.2 Å². The number of nitrogens with one attached hydrogen (secondary N) is 1. The Balaban J connectivity index is 0.000000235. The summed E-state index contributed by atoms with van der Waals surface area (Å²) in [5, 5.41) is 57.8. The summed E-state index contributed by atoms with van der Waals surface area (Å²) in [6.45, 7) is 2.92. The van der Waals surface area contributed by atoms with E-state index < -0.39 is 53.3 Å². The summed E-state index contributed by atoms with van der Waals surface area (Å²) < 4.78 is 77.7. The van der Waals surface area contributed by atoms with Crippen molar-refractivity contribution in [3.05, 3.63) is 166 Å². The third-order valence-corrected chi connectivity index (χ3v) is 13.4. The van der Waals surface area contributed by atoms with Crippen LogP contribution in [0.3, 0.4) is 0 Å². The van der Waals surface area contributed by atoms with Gasteiger partial charge in [-0.2, -0.15) is 21.9 Å². The Kier molecular flexibility index (Phi) is 18.1. The number of hydrogen-bond acceptors (Lipinski definition) is 15. The van der Waals surface area contributed by atoms with E-state index in [0.717, 1.165) is 0 Å². The molecule has 0 saturated carbocycles. The van der Waals surface area contributed by atoms with Crippen LogP contribution in [0.4, 0.5) is 34.1 Å². The first kappa shape index (κ1) is 55.9. The molecule has 0 aliphatic heterocycles. The molecule has 0 unspecified atom stereocenters. The maximum atomic E-state index is 13.4. The molecule has 8 aromatic carbocycles. The van der Waals surface area contributed by atoms with Gasteiger partial charge in [-0.3, -0.25) is 18.9 Å². The number of halogens is 2. The quantitative estimate of drug-likeness (QED) is 0.0292. The van der Waals surface area contributed by atoms with E-state index in [4.69, 9.17) is 32.7 Å². The molecule has 0 saturated heterocycles. The number of phenols is 1. The van der Waals surface area contributed by atoms with Crippen LogP contribution in [-0.4, -0.2) is 106 Å². The number of aryl methyl sites for hydroxylation is 2. The summed E-state index contributed by atoms with van der Waals surface area (Å²) in [6, 6.07) is 35.4. The summed E-state index contributed by atoms with van der Waals surface area (Å²) in [7, 11) is -6.49. The number of rotatable bonds is 12. The smallest absolute Gasteiger partial charge is 0.871 e. The molecular formula is C50H38BaCl2N6O12S2. The van der Waals surface area contributed by atoms with Gasteiger partial charge in [0.1, 0.15) is 44.0 Å². The van der Waals surface area contributed by atoms with Crippen LogP contribution in [0.5, 0.6) is 23.0 Å². The Morgan fingerprint density at radius 1 is 0.603 bits per heavy atom. The van der Waals surface area contributed by atoms with Gasteiger partial charge < -0.3 is 30.1 Å². The van der Waals surface area contributed by atoms with Crippen molar-refractivity contribution < 1.29 is 55.5 Å². The number of carbonyl (C=O) groups is 1. The topological polar surface area (TPSA) is 284 Å². The number of anilines is 1. The second-order valence-corrected chi connectivity index (χ2v) is 18.9. The molecule has 0 bridgehead atoms. The summed E-state index contributed by atoms with van der Waals surface area (Å²) >= 11 is 12.3. The number of amides is 1. The largest absolute Gasteiger partial charge is 2.00 e. The molecule has 8 aromatic rings. The van der Waals surface area contributed by atoms with Crippen molar-refractivity contribution in [2.45, 2.75) is 23.6 Å². The number of benzene rings is 8. The number of azo groups is 2. The van der Waals surface area contributed by atoms with Crippen molar-refractivity contribution >= 4 is 160 Å². The van der Waals surface area contributed by atoms with E-state index in [0.29, 0.717) is 38.7 Å². The zero-order valence-corrected chi connectivity index (χ0v) is 46.3. The standard InChI is InChI=1S/2C25H20ClN3O6S.Ba/c2*1-14-11-12-18(26)22(24(14)36(32,33)34)29-28-21-16-8-4-3-7-15(16)13-17(23(21)30)25(31)27-19-9-5-6-10-20(19)35-2;/h2*3-13,30H,1-2H3,(H,27,31)(H,32,33,34);/q;;+2/p-2. The summed E-state index contributed by atoms with van der Waals surface area (Å²) in [6.07, 6.45) is 0. The molecule has 4 N–H and O–H groups in total. The fourth-order valence-electron chi connectivity index (χ4n) is 7.32. The summed E-state index contributed by atoms with van der Waals surface area (Å²) in [4.78, 5) is 16.1. The predicted octanol–water partition coefficient (Wildman–Crippen LogP) is 11.0. The SMILES string of the molecule is COc1ccccc1N=C([O-])c1cc2ccccc2c(N=Nc2c(Cl)ccc(C)c2S(=O)(=O)O)c1[O-].COc1ccccc1NC(=O)c1cc2ccccc2c(N=Nc2c(Cl)ccc(C)c2S(=O)(=O)O)c1O.[Ba+2]. The molecule has 0 fully saturated rings. The van der Waals surface area contributed by atoms with Gasteiger partial charge in [0.15, 0.2) is 5.75 Å². The number of carbonyl (C=O) groups excluding carboxylic acids is 1. The number of aliphatic imine (C=N–C) groups is 1. The molecule has 0 heterocycles. The van der Waals surface area contributed by atoms with E-state index in [9.17, 15) is 46.1 Å². The molecule has 18 nitrogen and oxygen atoms in total. The number of hydrogen-bond donors (Lipinski definition) is 4. The van der Waals surface area contributed by atoms with Gasteiger partial charge >= 0.3 is 48.9 Å². The van der Waals surface area contributed by atoms with Crippen molar-refractivity contribution in [1.29, 1.82) is 0 Å². The molecule has 73 heavy (non-hydrogen) atoms. The van der Waals surface area contributed by atoms with E-state index in [1.54, 1.807) is 97.1 Å². The van der Waals surface area contributed by atoms with Crippen molar-refractivity contribution in [3.63, 3.8) is 0 Å².